The highest BCUT2D eigenvalue weighted by Crippen LogP contribution is 2.24. The quantitative estimate of drug-likeness (QED) is 0.826. The van der Waals surface area contributed by atoms with Gasteiger partial charge in [-0.3, -0.25) is 0 Å². The number of hydrogen-bond donors (Lipinski definition) is 1. The van der Waals surface area contributed by atoms with Gasteiger partial charge in [-0.05, 0) is 45.1 Å². The van der Waals surface area contributed by atoms with Gasteiger partial charge in [0.25, 0.3) is 0 Å². The van der Waals surface area contributed by atoms with Gasteiger partial charge in [0, 0.05) is 17.8 Å². The maximum absolute atomic E-state index is 13.2. The Morgan fingerprint density at radius 2 is 1.94 bits per heavy atom. The summed E-state index contributed by atoms with van der Waals surface area (Å²) >= 11 is 0. The predicted molar refractivity (Wildman–Crippen MR) is 74.4 cm³/mol. The van der Waals surface area contributed by atoms with Crippen LogP contribution in [0.15, 0.2) is 24.3 Å². The minimum Gasteiger partial charge on any atom is -0.381 e. The van der Waals surface area contributed by atoms with E-state index >= 15 is 0 Å². The van der Waals surface area contributed by atoms with E-state index in [1.807, 2.05) is 6.07 Å². The number of likely N-dealkylation sites (N-methyl/N-ethyl adjacent to an activating group) is 1. The molecule has 2 unspecified atom stereocenters. The molecule has 0 aliphatic heterocycles. The van der Waals surface area contributed by atoms with Crippen LogP contribution in [0.1, 0.15) is 32.1 Å². The minimum atomic E-state index is -0.171. The molecule has 0 heterocycles. The zero-order valence-corrected chi connectivity index (χ0v) is 11.3. The summed E-state index contributed by atoms with van der Waals surface area (Å²) in [6.07, 6.45) is 6.26. The molecule has 1 aliphatic rings. The second kappa shape index (κ2) is 6.19. The number of rotatable bonds is 3. The Labute approximate surface area is 109 Å². The molecule has 1 N–H and O–H groups in total. The van der Waals surface area contributed by atoms with Crippen LogP contribution in [0.5, 0.6) is 0 Å². The Balaban J connectivity index is 2.08. The van der Waals surface area contributed by atoms with Crippen LogP contribution in [0, 0.1) is 5.82 Å². The molecule has 0 aromatic heterocycles. The Hall–Kier alpha value is -1.09. The highest BCUT2D eigenvalue weighted by molar-refractivity contribution is 5.44. The molecule has 2 atom stereocenters. The molecule has 18 heavy (non-hydrogen) atoms. The molecular formula is C15H23FN2. The van der Waals surface area contributed by atoms with E-state index < -0.39 is 0 Å². The van der Waals surface area contributed by atoms with E-state index in [1.54, 1.807) is 12.1 Å². The van der Waals surface area contributed by atoms with E-state index in [2.05, 4.69) is 24.3 Å². The molecule has 0 bridgehead atoms. The van der Waals surface area contributed by atoms with Crippen LogP contribution in [-0.4, -0.2) is 31.1 Å². The van der Waals surface area contributed by atoms with Gasteiger partial charge in [-0.15, -0.1) is 0 Å². The molecule has 1 aromatic rings. The highest BCUT2D eigenvalue weighted by Gasteiger charge is 2.25. The van der Waals surface area contributed by atoms with Gasteiger partial charge in [0.15, 0.2) is 0 Å². The molecule has 2 nitrogen and oxygen atoms in total. The Morgan fingerprint density at radius 1 is 1.17 bits per heavy atom. The van der Waals surface area contributed by atoms with Crippen molar-refractivity contribution in [3.8, 4) is 0 Å². The highest BCUT2D eigenvalue weighted by atomic mass is 19.1. The molecular weight excluding hydrogens is 227 g/mol. The normalized spacial score (nSPS) is 24.9. The molecule has 1 saturated carbocycles. The molecule has 0 amide bonds. The van der Waals surface area contributed by atoms with Crippen molar-refractivity contribution in [3.05, 3.63) is 30.1 Å². The van der Waals surface area contributed by atoms with Gasteiger partial charge >= 0.3 is 0 Å². The van der Waals surface area contributed by atoms with Crippen LogP contribution >= 0.6 is 0 Å². The number of nitrogens with zero attached hydrogens (tertiary/aromatic N) is 1. The third-order valence-electron chi connectivity index (χ3n) is 3.82. The lowest BCUT2D eigenvalue weighted by Gasteiger charge is -2.32. The fraction of sp³-hybridized carbons (Fsp3) is 0.600. The van der Waals surface area contributed by atoms with E-state index in [1.165, 1.54) is 38.2 Å². The number of halogens is 1. The van der Waals surface area contributed by atoms with Crippen LogP contribution in [0.25, 0.3) is 0 Å². The third kappa shape index (κ3) is 3.45. The SMILES string of the molecule is CN(C)C1CCCCCC1Nc1cccc(F)c1. The van der Waals surface area contributed by atoms with Gasteiger partial charge in [-0.1, -0.05) is 25.3 Å². The van der Waals surface area contributed by atoms with Crippen LogP contribution in [0.2, 0.25) is 0 Å². The van der Waals surface area contributed by atoms with Crippen molar-refractivity contribution in [3.63, 3.8) is 0 Å². The molecule has 0 saturated heterocycles. The van der Waals surface area contributed by atoms with Crippen molar-refractivity contribution >= 4 is 5.69 Å². The molecule has 2 rings (SSSR count). The molecule has 0 spiro atoms. The predicted octanol–water partition coefficient (Wildman–Crippen LogP) is 3.50. The van der Waals surface area contributed by atoms with Crippen LogP contribution in [0.3, 0.4) is 0 Å². The maximum Gasteiger partial charge on any atom is 0.125 e. The summed E-state index contributed by atoms with van der Waals surface area (Å²) in [6.45, 7) is 0. The lowest BCUT2D eigenvalue weighted by molar-refractivity contribution is 0.251. The summed E-state index contributed by atoms with van der Waals surface area (Å²) in [5.74, 6) is -0.171. The minimum absolute atomic E-state index is 0.171. The van der Waals surface area contributed by atoms with Crippen molar-refractivity contribution in [1.29, 1.82) is 0 Å². The summed E-state index contributed by atoms with van der Waals surface area (Å²) in [4.78, 5) is 2.29. The van der Waals surface area contributed by atoms with E-state index in [0.717, 1.165) is 5.69 Å². The molecule has 1 aliphatic carbocycles. The second-order valence-electron chi connectivity index (χ2n) is 5.43. The van der Waals surface area contributed by atoms with Gasteiger partial charge in [0.1, 0.15) is 5.82 Å². The van der Waals surface area contributed by atoms with Crippen molar-refractivity contribution in [2.24, 2.45) is 0 Å². The summed E-state index contributed by atoms with van der Waals surface area (Å²) in [7, 11) is 4.27. The number of nitrogens with one attached hydrogen (secondary N) is 1. The zero-order valence-electron chi connectivity index (χ0n) is 11.3. The molecule has 3 heteroatoms. The number of anilines is 1. The Bertz CT molecular complexity index is 379. The topological polar surface area (TPSA) is 15.3 Å². The van der Waals surface area contributed by atoms with Crippen LogP contribution < -0.4 is 5.32 Å². The molecule has 1 fully saturated rings. The van der Waals surface area contributed by atoms with Crippen molar-refractivity contribution in [2.45, 2.75) is 44.2 Å². The fourth-order valence-corrected chi connectivity index (χ4v) is 2.87. The van der Waals surface area contributed by atoms with E-state index in [4.69, 9.17) is 0 Å². The average Bonchev–Trinajstić information content (AvgIpc) is 2.54. The summed E-state index contributed by atoms with van der Waals surface area (Å²) in [5.41, 5.74) is 0.897. The number of hydrogen-bond acceptors (Lipinski definition) is 2. The van der Waals surface area contributed by atoms with Crippen molar-refractivity contribution in [1.82, 2.24) is 4.90 Å². The first kappa shape index (κ1) is 13.3. The molecule has 100 valence electrons. The monoisotopic (exact) mass is 250 g/mol. The van der Waals surface area contributed by atoms with E-state index in [-0.39, 0.29) is 5.82 Å². The lowest BCUT2D eigenvalue weighted by Crippen LogP contribution is -2.42. The average molecular weight is 250 g/mol. The maximum atomic E-state index is 13.2. The fourth-order valence-electron chi connectivity index (χ4n) is 2.87. The largest absolute Gasteiger partial charge is 0.381 e. The van der Waals surface area contributed by atoms with E-state index in [9.17, 15) is 4.39 Å². The van der Waals surface area contributed by atoms with Crippen LogP contribution in [0.4, 0.5) is 10.1 Å². The first-order valence-electron chi connectivity index (χ1n) is 6.85. The molecule has 1 aromatic carbocycles. The van der Waals surface area contributed by atoms with Crippen molar-refractivity contribution in [2.75, 3.05) is 19.4 Å². The van der Waals surface area contributed by atoms with E-state index in [0.29, 0.717) is 12.1 Å². The zero-order chi connectivity index (χ0) is 13.0. The summed E-state index contributed by atoms with van der Waals surface area (Å²) in [6, 6.07) is 7.74. The van der Waals surface area contributed by atoms with Gasteiger partial charge in [-0.2, -0.15) is 0 Å². The van der Waals surface area contributed by atoms with Crippen molar-refractivity contribution < 1.29 is 4.39 Å². The molecule has 0 radical (unpaired) electrons. The van der Waals surface area contributed by atoms with Gasteiger partial charge in [0.2, 0.25) is 0 Å². The van der Waals surface area contributed by atoms with Gasteiger partial charge in [0.05, 0.1) is 0 Å². The smallest absolute Gasteiger partial charge is 0.125 e. The summed E-state index contributed by atoms with van der Waals surface area (Å²) < 4.78 is 13.2. The van der Waals surface area contributed by atoms with Gasteiger partial charge < -0.3 is 10.2 Å². The Kier molecular flexibility index (Phi) is 4.59. The van der Waals surface area contributed by atoms with Gasteiger partial charge in [-0.25, -0.2) is 4.39 Å². The first-order chi connectivity index (χ1) is 8.66. The van der Waals surface area contributed by atoms with Crippen LogP contribution in [-0.2, 0) is 0 Å². The number of benzene rings is 1. The summed E-state index contributed by atoms with van der Waals surface area (Å²) in [5, 5.41) is 3.51. The lowest BCUT2D eigenvalue weighted by atomic mass is 10.0. The Morgan fingerprint density at radius 3 is 2.67 bits per heavy atom. The second-order valence-corrected chi connectivity index (χ2v) is 5.43. The standard InChI is InChI=1S/C15H23FN2/c1-18(2)15-10-5-3-4-9-14(15)17-13-8-6-7-12(16)11-13/h6-8,11,14-15,17H,3-5,9-10H2,1-2H3. The first-order valence-corrected chi connectivity index (χ1v) is 6.85. The third-order valence-corrected chi connectivity index (χ3v) is 3.82.